The molecule has 0 atom stereocenters. The summed E-state index contributed by atoms with van der Waals surface area (Å²) in [6, 6.07) is 11.3. The zero-order valence-electron chi connectivity index (χ0n) is 25.5. The van der Waals surface area contributed by atoms with Crippen LogP contribution >= 0.6 is 0 Å². The number of piperidine rings is 1. The van der Waals surface area contributed by atoms with Gasteiger partial charge in [-0.3, -0.25) is 0 Å². The van der Waals surface area contributed by atoms with Crippen molar-refractivity contribution in [2.24, 2.45) is 0 Å². The van der Waals surface area contributed by atoms with Crippen LogP contribution in [-0.2, 0) is 10.7 Å². The Morgan fingerprint density at radius 3 is 2.16 bits per heavy atom. The summed E-state index contributed by atoms with van der Waals surface area (Å²) in [6.07, 6.45) is 0.516. The minimum absolute atomic E-state index is 0.00217. The number of amides is 1. The van der Waals surface area contributed by atoms with Gasteiger partial charge in [-0.15, -0.1) is 0 Å². The van der Waals surface area contributed by atoms with Crippen molar-refractivity contribution >= 4 is 11.9 Å². The Kier molecular flexibility index (Phi) is 9.13. The molecule has 12 heteroatoms. The molecule has 0 bridgehead atoms. The maximum atomic E-state index is 15.6. The fraction of sp³-hybridized carbons (Fsp3) is 0.394. The number of nitriles is 2. The van der Waals surface area contributed by atoms with Crippen molar-refractivity contribution in [3.05, 3.63) is 70.8 Å². The predicted molar refractivity (Wildman–Crippen MR) is 159 cm³/mol. The van der Waals surface area contributed by atoms with Crippen molar-refractivity contribution in [2.75, 3.05) is 18.0 Å². The highest BCUT2D eigenvalue weighted by Crippen LogP contribution is 2.42. The summed E-state index contributed by atoms with van der Waals surface area (Å²) in [5.41, 5.74) is -4.34. The number of hydrogen-bond acceptors (Lipinski definition) is 7. The van der Waals surface area contributed by atoms with Gasteiger partial charge in [-0.2, -0.15) is 19.3 Å². The summed E-state index contributed by atoms with van der Waals surface area (Å²) < 4.78 is 65.4. The van der Waals surface area contributed by atoms with Crippen LogP contribution in [0.5, 0.6) is 0 Å². The average molecular weight is 624 g/mol. The van der Waals surface area contributed by atoms with Crippen LogP contribution in [0.4, 0.5) is 28.2 Å². The molecular formula is C33H33F4N5O3. The van der Waals surface area contributed by atoms with E-state index >= 15 is 4.39 Å². The third kappa shape index (κ3) is 7.18. The first-order valence-corrected chi connectivity index (χ1v) is 14.3. The van der Waals surface area contributed by atoms with Crippen molar-refractivity contribution < 1.29 is 32.2 Å². The minimum Gasteiger partial charge on any atom is -0.444 e. The molecule has 2 aromatic carbocycles. The van der Waals surface area contributed by atoms with Crippen LogP contribution in [0.3, 0.4) is 0 Å². The second kappa shape index (κ2) is 12.4. The number of benzene rings is 2. The zero-order valence-corrected chi connectivity index (χ0v) is 25.5. The molecular weight excluding hydrogens is 590 g/mol. The molecule has 3 aromatic rings. The predicted octanol–water partition coefficient (Wildman–Crippen LogP) is 6.79. The molecule has 8 nitrogen and oxygen atoms in total. The molecule has 0 spiro atoms. The Hall–Kier alpha value is -4.68. The molecule has 1 aliphatic heterocycles. The number of carbonyl (C=O) groups excluding carboxylic acids is 1. The quantitative estimate of drug-likeness (QED) is 0.290. The molecule has 0 saturated carbocycles. The van der Waals surface area contributed by atoms with E-state index in [1.54, 1.807) is 26.8 Å². The fourth-order valence-electron chi connectivity index (χ4n) is 5.01. The molecule has 1 saturated heterocycles. The Bertz CT molecular complexity index is 1690. The molecule has 0 radical (unpaired) electrons. The van der Waals surface area contributed by atoms with Crippen LogP contribution in [0.25, 0.3) is 22.4 Å². The van der Waals surface area contributed by atoms with E-state index < -0.39 is 40.4 Å². The molecule has 1 amide bonds. The molecule has 0 aliphatic carbocycles. The van der Waals surface area contributed by atoms with Crippen LogP contribution in [0.2, 0.25) is 0 Å². The third-order valence-corrected chi connectivity index (χ3v) is 7.40. The zero-order chi connectivity index (χ0) is 33.3. The molecule has 2 heterocycles. The van der Waals surface area contributed by atoms with Gasteiger partial charge in [0, 0.05) is 41.4 Å². The highest BCUT2D eigenvalue weighted by atomic mass is 19.3. The number of nitrogens with one attached hydrogen (secondary N) is 1. The van der Waals surface area contributed by atoms with Gasteiger partial charge in [0.2, 0.25) is 0 Å². The number of ether oxygens (including phenoxy) is 1. The van der Waals surface area contributed by atoms with E-state index in [-0.39, 0.29) is 39.6 Å². The lowest BCUT2D eigenvalue weighted by atomic mass is 9.89. The monoisotopic (exact) mass is 623 g/mol. The number of nitrogens with zero attached hydrogens (tertiary/aromatic N) is 4. The fourth-order valence-corrected chi connectivity index (χ4v) is 5.01. The molecule has 4 rings (SSSR count). The van der Waals surface area contributed by atoms with Crippen LogP contribution < -0.4 is 10.2 Å². The van der Waals surface area contributed by atoms with E-state index in [1.807, 2.05) is 11.0 Å². The number of alkyl halides is 2. The summed E-state index contributed by atoms with van der Waals surface area (Å²) in [7, 11) is 0. The Morgan fingerprint density at radius 1 is 0.978 bits per heavy atom. The van der Waals surface area contributed by atoms with Crippen LogP contribution in [0.15, 0.2) is 42.5 Å². The Labute approximate surface area is 258 Å². The third-order valence-electron chi connectivity index (χ3n) is 7.40. The summed E-state index contributed by atoms with van der Waals surface area (Å²) in [5.74, 6) is -5.43. The lowest BCUT2D eigenvalue weighted by Gasteiger charge is -2.34. The highest BCUT2D eigenvalue weighted by molar-refractivity contribution is 5.87. The molecule has 1 aromatic heterocycles. The number of alkyl carbamates (subject to hydrolysis) is 1. The second-order valence-electron chi connectivity index (χ2n) is 12.4. The summed E-state index contributed by atoms with van der Waals surface area (Å²) >= 11 is 0. The number of carbonyl (C=O) groups is 1. The number of rotatable bonds is 6. The van der Waals surface area contributed by atoms with Crippen molar-refractivity contribution in [1.82, 2.24) is 10.3 Å². The van der Waals surface area contributed by atoms with Gasteiger partial charge in [0.1, 0.15) is 34.7 Å². The van der Waals surface area contributed by atoms with Gasteiger partial charge in [-0.05, 0) is 71.7 Å². The van der Waals surface area contributed by atoms with Crippen LogP contribution in [0.1, 0.15) is 64.2 Å². The normalized spacial score (nSPS) is 14.4. The first-order chi connectivity index (χ1) is 20.9. The van der Waals surface area contributed by atoms with Gasteiger partial charge in [0.05, 0.1) is 22.9 Å². The summed E-state index contributed by atoms with van der Waals surface area (Å²) in [5, 5.41) is 32.2. The van der Waals surface area contributed by atoms with Gasteiger partial charge >= 0.3 is 12.0 Å². The lowest BCUT2D eigenvalue weighted by molar-refractivity contribution is -0.168. The first-order valence-electron chi connectivity index (χ1n) is 14.3. The highest BCUT2D eigenvalue weighted by Gasteiger charge is 2.47. The number of hydrogen-bond donors (Lipinski definition) is 2. The lowest BCUT2D eigenvalue weighted by Crippen LogP contribution is -2.46. The van der Waals surface area contributed by atoms with E-state index in [4.69, 9.17) is 9.72 Å². The molecule has 1 fully saturated rings. The maximum absolute atomic E-state index is 15.6. The van der Waals surface area contributed by atoms with Gasteiger partial charge in [-0.25, -0.2) is 18.6 Å². The standard InChI is InChI=1S/C33H33F4N5O3/c1-31(2,3)45-30(43)40-23-10-12-42(13-11-23)27-15-21(18-39)28(29(41-27)19-6-7-20(17-38)25(34)14-19)24-9-8-22(16-26(24)35)33(36,37)32(4,5)44/h6-9,14-16,23,44H,10-13H2,1-5H3,(H,40,43). The number of anilines is 1. The molecule has 45 heavy (non-hydrogen) atoms. The number of pyridine rings is 1. The van der Waals surface area contributed by atoms with Gasteiger partial charge in [0.25, 0.3) is 0 Å². The van der Waals surface area contributed by atoms with E-state index in [0.29, 0.717) is 37.8 Å². The van der Waals surface area contributed by atoms with Gasteiger partial charge < -0.3 is 20.1 Å². The van der Waals surface area contributed by atoms with Crippen LogP contribution in [0, 0.1) is 34.3 Å². The second-order valence-corrected chi connectivity index (χ2v) is 12.4. The van der Waals surface area contributed by atoms with Crippen molar-refractivity contribution in [1.29, 1.82) is 10.5 Å². The smallest absolute Gasteiger partial charge is 0.407 e. The van der Waals surface area contributed by atoms with Crippen molar-refractivity contribution in [3.63, 3.8) is 0 Å². The topological polar surface area (TPSA) is 122 Å². The van der Waals surface area contributed by atoms with Gasteiger partial charge in [0.15, 0.2) is 0 Å². The minimum atomic E-state index is -3.80. The summed E-state index contributed by atoms with van der Waals surface area (Å²) in [6.45, 7) is 7.95. The van der Waals surface area contributed by atoms with Crippen molar-refractivity contribution in [3.8, 4) is 34.5 Å². The number of aliphatic hydroxyl groups is 1. The Balaban J connectivity index is 1.77. The first kappa shape index (κ1) is 33.2. The molecule has 2 N–H and O–H groups in total. The van der Waals surface area contributed by atoms with E-state index in [1.165, 1.54) is 18.2 Å². The molecule has 1 aliphatic rings. The summed E-state index contributed by atoms with van der Waals surface area (Å²) in [4.78, 5) is 18.8. The van der Waals surface area contributed by atoms with Crippen molar-refractivity contribution in [2.45, 2.75) is 70.6 Å². The van der Waals surface area contributed by atoms with E-state index in [0.717, 1.165) is 32.0 Å². The van der Waals surface area contributed by atoms with E-state index in [2.05, 4.69) is 5.32 Å². The average Bonchev–Trinajstić information content (AvgIpc) is 2.95. The largest absolute Gasteiger partial charge is 0.444 e. The maximum Gasteiger partial charge on any atom is 0.407 e. The number of halogens is 4. The number of aromatic nitrogens is 1. The molecule has 0 unspecified atom stereocenters. The Morgan fingerprint density at radius 2 is 1.62 bits per heavy atom. The van der Waals surface area contributed by atoms with Crippen LogP contribution in [-0.4, -0.2) is 46.5 Å². The van der Waals surface area contributed by atoms with E-state index in [9.17, 15) is 33.6 Å². The van der Waals surface area contributed by atoms with Gasteiger partial charge in [-0.1, -0.05) is 18.2 Å². The molecule has 236 valence electrons. The SMILES string of the molecule is CC(C)(C)OC(=O)NC1CCN(c2cc(C#N)c(-c3ccc(C(F)(F)C(C)(C)O)cc3F)c(-c3ccc(C#N)c(F)c3)n2)CC1.